The average molecular weight is 382 g/mol. The maximum Gasteiger partial charge on any atom is 0.139 e. The molecule has 0 amide bonds. The minimum atomic E-state index is -0.261. The van der Waals surface area contributed by atoms with Crippen LogP contribution in [0.15, 0.2) is 30.3 Å². The van der Waals surface area contributed by atoms with Crippen molar-refractivity contribution < 1.29 is 9.18 Å². The predicted molar refractivity (Wildman–Crippen MR) is 108 cm³/mol. The fraction of sp³-hybridized carbons (Fsp3) is 0.720. The normalized spacial score (nSPS) is 48.3. The molecule has 6 fully saturated rings. The molecule has 5 saturated carbocycles. The van der Waals surface area contributed by atoms with E-state index in [1.165, 1.54) is 18.4 Å². The third-order valence-electron chi connectivity index (χ3n) is 9.35. The third-order valence-corrected chi connectivity index (χ3v) is 9.35. The Bertz CT molecular complexity index is 795. The quantitative estimate of drug-likeness (QED) is 0.792. The van der Waals surface area contributed by atoms with E-state index in [4.69, 9.17) is 0 Å². The lowest BCUT2D eigenvalue weighted by molar-refractivity contribution is -0.164. The number of carbonyl (C=O) groups excluding carboxylic acids is 1. The van der Waals surface area contributed by atoms with Gasteiger partial charge in [0, 0.05) is 23.3 Å². The van der Waals surface area contributed by atoms with Gasteiger partial charge >= 0.3 is 0 Å². The first-order chi connectivity index (χ1) is 13.5. The maximum atomic E-state index is 14.5. The van der Waals surface area contributed by atoms with Crippen molar-refractivity contribution in [2.75, 3.05) is 13.2 Å². The number of fused-ring (bicyclic) bond motifs is 2. The van der Waals surface area contributed by atoms with E-state index in [0.717, 1.165) is 57.4 Å². The number of Topliss-reactive ketones (excluding diaryl/α,β-unsaturated/α-hetero) is 1. The molecule has 1 saturated heterocycles. The summed E-state index contributed by atoms with van der Waals surface area (Å²) in [7, 11) is 0. The molecule has 0 spiro atoms. The van der Waals surface area contributed by atoms with Crippen LogP contribution < -0.4 is 5.32 Å². The Hall–Kier alpha value is -1.22. The van der Waals surface area contributed by atoms with Gasteiger partial charge in [0.25, 0.3) is 0 Å². The summed E-state index contributed by atoms with van der Waals surface area (Å²) in [6, 6.07) is 11.3. The van der Waals surface area contributed by atoms with Gasteiger partial charge in [0.05, 0.1) is 6.67 Å². The number of alkyl halides is 1. The molecule has 1 aliphatic heterocycles. The van der Waals surface area contributed by atoms with E-state index >= 15 is 0 Å². The molecule has 7 rings (SSSR count). The van der Waals surface area contributed by atoms with Gasteiger partial charge in [-0.3, -0.25) is 9.18 Å². The molecule has 0 aromatic heterocycles. The molecule has 6 aliphatic rings. The van der Waals surface area contributed by atoms with E-state index < -0.39 is 0 Å². The summed E-state index contributed by atoms with van der Waals surface area (Å²) in [5, 5.41) is 3.63. The first kappa shape index (κ1) is 17.6. The van der Waals surface area contributed by atoms with E-state index in [-0.39, 0.29) is 22.9 Å². The van der Waals surface area contributed by atoms with E-state index in [1.54, 1.807) is 0 Å². The van der Waals surface area contributed by atoms with Crippen LogP contribution in [0.4, 0.5) is 4.39 Å². The second-order valence-electron chi connectivity index (χ2n) is 11.3. The lowest BCUT2D eigenvalue weighted by atomic mass is 9.38. The van der Waals surface area contributed by atoms with Crippen LogP contribution in [0.1, 0.15) is 63.4 Å². The fourth-order valence-corrected chi connectivity index (χ4v) is 8.87. The Morgan fingerprint density at radius 1 is 1.04 bits per heavy atom. The number of piperidine rings is 1. The van der Waals surface area contributed by atoms with Crippen LogP contribution in [-0.4, -0.2) is 25.0 Å². The molecule has 6 bridgehead atoms. The molecule has 1 aromatic carbocycles. The summed E-state index contributed by atoms with van der Waals surface area (Å²) < 4.78 is 14.5. The summed E-state index contributed by atoms with van der Waals surface area (Å²) in [5.74, 6) is 2.31. The number of benzene rings is 1. The maximum absolute atomic E-state index is 14.5. The summed E-state index contributed by atoms with van der Waals surface area (Å²) in [6.07, 6.45) is 9.12. The van der Waals surface area contributed by atoms with Gasteiger partial charge in [-0.2, -0.15) is 0 Å². The molecular formula is C25H32FNO. The number of rotatable bonds is 5. The van der Waals surface area contributed by atoms with Crippen LogP contribution in [-0.2, 0) is 10.2 Å². The monoisotopic (exact) mass is 381 g/mol. The van der Waals surface area contributed by atoms with E-state index in [1.807, 2.05) is 0 Å². The highest BCUT2D eigenvalue weighted by Gasteiger charge is 2.65. The Balaban J connectivity index is 1.34. The largest absolute Gasteiger partial charge is 0.313 e. The number of nitrogens with one attached hydrogen (secondary N) is 1. The smallest absolute Gasteiger partial charge is 0.139 e. The van der Waals surface area contributed by atoms with Crippen molar-refractivity contribution in [3.8, 4) is 0 Å². The molecule has 150 valence electrons. The zero-order valence-corrected chi connectivity index (χ0v) is 16.8. The van der Waals surface area contributed by atoms with Crippen LogP contribution in [0.3, 0.4) is 0 Å². The highest BCUT2D eigenvalue weighted by atomic mass is 19.1. The minimum absolute atomic E-state index is 0.0232. The number of halogens is 1. The van der Waals surface area contributed by atoms with Crippen LogP contribution in [0.2, 0.25) is 0 Å². The first-order valence-electron chi connectivity index (χ1n) is 11.4. The Morgan fingerprint density at radius 3 is 2.61 bits per heavy atom. The van der Waals surface area contributed by atoms with Gasteiger partial charge in [-0.15, -0.1) is 0 Å². The van der Waals surface area contributed by atoms with Crippen molar-refractivity contribution in [1.82, 2.24) is 5.32 Å². The highest BCUT2D eigenvalue weighted by Crippen LogP contribution is 2.70. The molecule has 3 heteroatoms. The van der Waals surface area contributed by atoms with Gasteiger partial charge in [-0.1, -0.05) is 30.3 Å². The Morgan fingerprint density at radius 2 is 1.89 bits per heavy atom. The molecule has 5 aliphatic carbocycles. The molecule has 1 aromatic rings. The standard InChI is InChI=1S/C25H32FNO/c26-16-23-9-18-10-24(13-23,20-4-2-1-3-5-20)15-25(11-18,14-23)22(28)8-19-6-17-7-21(19)27-12-17/h1-5,17-19,21,27H,6-16H2/t17?,18?,19?,21?,23-,24+,25?/m0/s1. The zero-order chi connectivity index (χ0) is 19.0. The van der Waals surface area contributed by atoms with Gasteiger partial charge in [-0.25, -0.2) is 0 Å². The second kappa shape index (κ2) is 5.90. The van der Waals surface area contributed by atoms with Crippen molar-refractivity contribution in [2.24, 2.45) is 28.6 Å². The molecule has 1 N–H and O–H groups in total. The number of hydrogen-bond donors (Lipinski definition) is 1. The minimum Gasteiger partial charge on any atom is -0.313 e. The first-order valence-corrected chi connectivity index (χ1v) is 11.4. The van der Waals surface area contributed by atoms with E-state index in [2.05, 4.69) is 35.6 Å². The van der Waals surface area contributed by atoms with Gasteiger partial charge < -0.3 is 5.32 Å². The predicted octanol–water partition coefficient (Wildman–Crippen LogP) is 4.82. The molecule has 5 unspecified atom stereocenters. The van der Waals surface area contributed by atoms with Crippen molar-refractivity contribution in [3.05, 3.63) is 35.9 Å². The Labute approximate surface area is 167 Å². The summed E-state index contributed by atoms with van der Waals surface area (Å²) in [6.45, 7) is 0.896. The van der Waals surface area contributed by atoms with Crippen LogP contribution in [0.25, 0.3) is 0 Å². The van der Waals surface area contributed by atoms with Crippen molar-refractivity contribution in [1.29, 1.82) is 0 Å². The fourth-order valence-electron chi connectivity index (χ4n) is 8.87. The topological polar surface area (TPSA) is 29.1 Å². The third kappa shape index (κ3) is 2.44. The SMILES string of the molecule is O=C(CC1CC2CNC1C2)C12CC3C[C@@](CF)(C1)C[C@](c1ccccc1)(C3)C2. The van der Waals surface area contributed by atoms with Crippen LogP contribution >= 0.6 is 0 Å². The van der Waals surface area contributed by atoms with Crippen LogP contribution in [0, 0.1) is 28.6 Å². The molecule has 7 atom stereocenters. The Kier molecular flexibility index (Phi) is 3.72. The summed E-state index contributed by atoms with van der Waals surface area (Å²) in [4.78, 5) is 13.8. The number of hydrogen-bond acceptors (Lipinski definition) is 2. The van der Waals surface area contributed by atoms with Crippen molar-refractivity contribution >= 4 is 5.78 Å². The summed E-state index contributed by atoms with van der Waals surface area (Å²) in [5.41, 5.74) is 0.867. The molecular weight excluding hydrogens is 349 g/mol. The number of carbonyl (C=O) groups is 1. The van der Waals surface area contributed by atoms with Gasteiger partial charge in [0.1, 0.15) is 5.78 Å². The van der Waals surface area contributed by atoms with Crippen molar-refractivity contribution in [2.45, 2.75) is 69.2 Å². The van der Waals surface area contributed by atoms with Gasteiger partial charge in [-0.05, 0) is 86.6 Å². The molecule has 1 heterocycles. The lowest BCUT2D eigenvalue weighted by Gasteiger charge is -2.66. The molecule has 2 nitrogen and oxygen atoms in total. The molecule has 28 heavy (non-hydrogen) atoms. The van der Waals surface area contributed by atoms with Gasteiger partial charge in [0.15, 0.2) is 0 Å². The van der Waals surface area contributed by atoms with Crippen LogP contribution in [0.5, 0.6) is 0 Å². The lowest BCUT2D eigenvalue weighted by Crippen LogP contribution is -2.61. The van der Waals surface area contributed by atoms with E-state index in [0.29, 0.717) is 23.7 Å². The van der Waals surface area contributed by atoms with Gasteiger partial charge in [0.2, 0.25) is 0 Å². The molecule has 0 radical (unpaired) electrons. The van der Waals surface area contributed by atoms with Crippen molar-refractivity contribution in [3.63, 3.8) is 0 Å². The zero-order valence-electron chi connectivity index (χ0n) is 16.8. The second-order valence-corrected chi connectivity index (χ2v) is 11.3. The summed E-state index contributed by atoms with van der Waals surface area (Å²) >= 11 is 0. The average Bonchev–Trinajstić information content (AvgIpc) is 3.31. The highest BCUT2D eigenvalue weighted by molar-refractivity contribution is 5.86. The number of ketones is 1. The van der Waals surface area contributed by atoms with E-state index in [9.17, 15) is 9.18 Å².